The molecule has 0 aromatic heterocycles. The number of hydrogen-bond acceptors (Lipinski definition) is 4. The maximum Gasteiger partial charge on any atom is 0.263 e. The molecule has 160 valence electrons. The second-order valence-corrected chi connectivity index (χ2v) is 9.44. The van der Waals surface area contributed by atoms with Crippen LogP contribution in [0.2, 0.25) is 5.02 Å². The molecular weight excluding hydrogens is 436 g/mol. The number of nitrogens with zero attached hydrogens (tertiary/aromatic N) is 1. The molecule has 0 radical (unpaired) electrons. The Labute approximate surface area is 186 Å². The van der Waals surface area contributed by atoms with E-state index >= 15 is 0 Å². The summed E-state index contributed by atoms with van der Waals surface area (Å²) in [5.74, 6) is 0.434. The minimum Gasteiger partial charge on any atom is -0.481 e. The van der Waals surface area contributed by atoms with Crippen LogP contribution in [-0.2, 0) is 27.9 Å². The van der Waals surface area contributed by atoms with Crippen molar-refractivity contribution >= 4 is 33.2 Å². The molecule has 0 aliphatic carbocycles. The number of sulfonamides is 1. The summed E-state index contributed by atoms with van der Waals surface area (Å²) in [6, 6.07) is 20.7. The lowest BCUT2D eigenvalue weighted by molar-refractivity contribution is -0.138. The Balaban J connectivity index is 1.61. The Morgan fingerprint density at radius 2 is 1.84 bits per heavy atom. The lowest BCUT2D eigenvalue weighted by Crippen LogP contribution is -2.37. The predicted octanol–water partition coefficient (Wildman–Crippen LogP) is 4.45. The second kappa shape index (κ2) is 8.61. The number of halogens is 1. The average Bonchev–Trinajstić information content (AvgIpc) is 2.85. The van der Waals surface area contributed by atoms with Gasteiger partial charge in [-0.2, -0.15) is 0 Å². The van der Waals surface area contributed by atoms with Crippen molar-refractivity contribution in [2.24, 2.45) is 0 Å². The van der Waals surface area contributed by atoms with Gasteiger partial charge in [0.2, 0.25) is 0 Å². The van der Waals surface area contributed by atoms with E-state index in [-0.39, 0.29) is 10.8 Å². The van der Waals surface area contributed by atoms with Crippen LogP contribution in [-0.4, -0.2) is 25.3 Å². The van der Waals surface area contributed by atoms with Crippen LogP contribution in [0.1, 0.15) is 18.1 Å². The fourth-order valence-electron chi connectivity index (χ4n) is 3.45. The number of benzene rings is 3. The first-order valence-electron chi connectivity index (χ1n) is 9.72. The lowest BCUT2D eigenvalue weighted by Gasteiger charge is -2.22. The second-order valence-electron chi connectivity index (χ2n) is 7.33. The standard InChI is InChI=1S/C23H21ClN2O4S/c1-16-23(27)26(14-17-6-3-2-4-7-17)15-18-12-20(10-11-22(18)30-16)25-31(28,29)21-9-5-8-19(24)13-21/h2-13,16,25H,14-15H2,1H3/t16-/m1/s1. The largest absolute Gasteiger partial charge is 0.481 e. The molecule has 1 N–H and O–H groups in total. The van der Waals surface area contributed by atoms with Crippen molar-refractivity contribution in [1.82, 2.24) is 4.90 Å². The van der Waals surface area contributed by atoms with Gasteiger partial charge in [0, 0.05) is 29.4 Å². The fraction of sp³-hybridized carbons (Fsp3) is 0.174. The van der Waals surface area contributed by atoms with Crippen LogP contribution >= 0.6 is 11.6 Å². The number of rotatable bonds is 5. The first kappa shape index (κ1) is 21.2. The van der Waals surface area contributed by atoms with Gasteiger partial charge in [0.1, 0.15) is 5.75 Å². The molecule has 1 heterocycles. The Kier molecular flexibility index (Phi) is 5.89. The van der Waals surface area contributed by atoms with E-state index in [0.29, 0.717) is 29.5 Å². The molecule has 1 aliphatic heterocycles. The molecule has 1 atom stereocenters. The van der Waals surface area contributed by atoms with Gasteiger partial charge < -0.3 is 9.64 Å². The van der Waals surface area contributed by atoms with Crippen molar-refractivity contribution in [1.29, 1.82) is 0 Å². The van der Waals surface area contributed by atoms with Crippen LogP contribution in [0.25, 0.3) is 0 Å². The zero-order valence-corrected chi connectivity index (χ0v) is 18.4. The molecular formula is C23H21ClN2O4S. The number of nitrogens with one attached hydrogen (secondary N) is 1. The third-order valence-electron chi connectivity index (χ3n) is 4.96. The maximum atomic E-state index is 12.8. The Hall–Kier alpha value is -3.03. The molecule has 0 spiro atoms. The minimum absolute atomic E-state index is 0.0701. The maximum absolute atomic E-state index is 12.8. The van der Waals surface area contributed by atoms with Crippen LogP contribution in [0.15, 0.2) is 77.7 Å². The van der Waals surface area contributed by atoms with Crippen LogP contribution in [0.5, 0.6) is 5.75 Å². The van der Waals surface area contributed by atoms with Crippen molar-refractivity contribution < 1.29 is 17.9 Å². The van der Waals surface area contributed by atoms with E-state index in [0.717, 1.165) is 11.1 Å². The fourth-order valence-corrected chi connectivity index (χ4v) is 4.80. The zero-order chi connectivity index (χ0) is 22.0. The van der Waals surface area contributed by atoms with Gasteiger partial charge in [-0.3, -0.25) is 9.52 Å². The van der Waals surface area contributed by atoms with E-state index in [9.17, 15) is 13.2 Å². The summed E-state index contributed by atoms with van der Waals surface area (Å²) in [5.41, 5.74) is 2.10. The number of ether oxygens (including phenoxy) is 1. The normalized spacial score (nSPS) is 16.3. The van der Waals surface area contributed by atoms with E-state index in [1.165, 1.54) is 12.1 Å². The highest BCUT2D eigenvalue weighted by Crippen LogP contribution is 2.30. The molecule has 4 rings (SSSR count). The summed E-state index contributed by atoms with van der Waals surface area (Å²) in [4.78, 5) is 14.6. The molecule has 0 saturated heterocycles. The van der Waals surface area contributed by atoms with Gasteiger partial charge in [-0.1, -0.05) is 48.0 Å². The summed E-state index contributed by atoms with van der Waals surface area (Å²) < 4.78 is 33.9. The van der Waals surface area contributed by atoms with Gasteiger partial charge in [0.05, 0.1) is 4.90 Å². The van der Waals surface area contributed by atoms with Crippen molar-refractivity contribution in [3.8, 4) is 5.75 Å². The quantitative estimate of drug-likeness (QED) is 0.615. The SMILES string of the molecule is C[C@H]1Oc2ccc(NS(=O)(=O)c3cccc(Cl)c3)cc2CN(Cc2ccccc2)C1=O. The average molecular weight is 457 g/mol. The Morgan fingerprint density at radius 1 is 1.06 bits per heavy atom. The van der Waals surface area contributed by atoms with E-state index in [1.807, 2.05) is 30.3 Å². The topological polar surface area (TPSA) is 75.7 Å². The first-order chi connectivity index (χ1) is 14.8. The Bertz CT molecular complexity index is 1220. The Morgan fingerprint density at radius 3 is 2.58 bits per heavy atom. The van der Waals surface area contributed by atoms with Gasteiger partial charge in [0.15, 0.2) is 6.10 Å². The number of carbonyl (C=O) groups excluding carboxylic acids is 1. The van der Waals surface area contributed by atoms with Gasteiger partial charge >= 0.3 is 0 Å². The minimum atomic E-state index is -3.81. The number of carbonyl (C=O) groups is 1. The molecule has 31 heavy (non-hydrogen) atoms. The monoisotopic (exact) mass is 456 g/mol. The highest BCUT2D eigenvalue weighted by atomic mass is 35.5. The summed E-state index contributed by atoms with van der Waals surface area (Å²) in [6.07, 6.45) is -0.640. The smallest absolute Gasteiger partial charge is 0.263 e. The van der Waals surface area contributed by atoms with E-state index < -0.39 is 16.1 Å². The number of fused-ring (bicyclic) bond motifs is 1. The van der Waals surface area contributed by atoms with Gasteiger partial charge in [-0.05, 0) is 48.9 Å². The van der Waals surface area contributed by atoms with Crippen LogP contribution in [0.3, 0.4) is 0 Å². The lowest BCUT2D eigenvalue weighted by atomic mass is 10.1. The van der Waals surface area contributed by atoms with Crippen LogP contribution < -0.4 is 9.46 Å². The van der Waals surface area contributed by atoms with Crippen molar-refractivity contribution in [2.75, 3.05) is 4.72 Å². The summed E-state index contributed by atoms with van der Waals surface area (Å²) >= 11 is 5.93. The van der Waals surface area contributed by atoms with E-state index in [2.05, 4.69) is 4.72 Å². The number of amides is 1. The third-order valence-corrected chi connectivity index (χ3v) is 6.57. The van der Waals surface area contributed by atoms with Crippen molar-refractivity contribution in [3.63, 3.8) is 0 Å². The van der Waals surface area contributed by atoms with Gasteiger partial charge in [-0.15, -0.1) is 0 Å². The molecule has 1 amide bonds. The van der Waals surface area contributed by atoms with Crippen LogP contribution in [0, 0.1) is 0 Å². The highest BCUT2D eigenvalue weighted by Gasteiger charge is 2.28. The predicted molar refractivity (Wildman–Crippen MR) is 119 cm³/mol. The highest BCUT2D eigenvalue weighted by molar-refractivity contribution is 7.92. The number of hydrogen-bond donors (Lipinski definition) is 1. The van der Waals surface area contributed by atoms with E-state index in [1.54, 1.807) is 42.2 Å². The van der Waals surface area contributed by atoms with E-state index in [4.69, 9.17) is 16.3 Å². The summed E-state index contributed by atoms with van der Waals surface area (Å²) in [5, 5.41) is 0.335. The van der Waals surface area contributed by atoms with Gasteiger partial charge in [-0.25, -0.2) is 8.42 Å². The van der Waals surface area contributed by atoms with Gasteiger partial charge in [0.25, 0.3) is 15.9 Å². The molecule has 1 aliphatic rings. The molecule has 0 fully saturated rings. The molecule has 3 aromatic rings. The summed E-state index contributed by atoms with van der Waals surface area (Å²) in [7, 11) is -3.81. The van der Waals surface area contributed by atoms with Crippen molar-refractivity contribution in [2.45, 2.75) is 31.0 Å². The summed E-state index contributed by atoms with van der Waals surface area (Å²) in [6.45, 7) is 2.45. The molecule has 0 bridgehead atoms. The number of anilines is 1. The van der Waals surface area contributed by atoms with Crippen LogP contribution in [0.4, 0.5) is 5.69 Å². The molecule has 6 nitrogen and oxygen atoms in total. The molecule has 8 heteroatoms. The van der Waals surface area contributed by atoms with Crippen molar-refractivity contribution in [3.05, 3.63) is 88.9 Å². The first-order valence-corrected chi connectivity index (χ1v) is 11.6. The molecule has 3 aromatic carbocycles. The molecule has 0 saturated carbocycles. The third kappa shape index (κ3) is 4.84. The molecule has 0 unspecified atom stereocenters. The zero-order valence-electron chi connectivity index (χ0n) is 16.8.